The molecule has 0 amide bonds. The van der Waals surface area contributed by atoms with Crippen molar-refractivity contribution in [1.82, 2.24) is 0 Å². The van der Waals surface area contributed by atoms with E-state index in [2.05, 4.69) is 6.58 Å². The molecule has 14 heavy (non-hydrogen) atoms. The molecule has 0 aromatic carbocycles. The molecule has 2 aliphatic rings. The lowest BCUT2D eigenvalue weighted by molar-refractivity contribution is -0.105. The largest absolute Gasteiger partial charge is 0.412 e. The Balaban J connectivity index is 2.21. The molecule has 1 saturated carbocycles. The van der Waals surface area contributed by atoms with Gasteiger partial charge >= 0.3 is 6.18 Å². The summed E-state index contributed by atoms with van der Waals surface area (Å²) in [7, 11) is 0. The molecule has 78 valence electrons. The summed E-state index contributed by atoms with van der Waals surface area (Å²) in [5, 5.41) is 9.60. The zero-order valence-electron chi connectivity index (χ0n) is 7.46. The van der Waals surface area contributed by atoms with Gasteiger partial charge in [-0.3, -0.25) is 0 Å². The first-order chi connectivity index (χ1) is 6.41. The third kappa shape index (κ3) is 1.29. The highest BCUT2D eigenvalue weighted by Gasteiger charge is 2.50. The van der Waals surface area contributed by atoms with Crippen LogP contribution in [0.5, 0.6) is 0 Å². The molecule has 1 fully saturated rings. The number of hydrogen-bond donors (Lipinski definition) is 1. The number of hydrogen-bond acceptors (Lipinski definition) is 1. The Bertz CT molecular complexity index is 292. The quantitative estimate of drug-likeness (QED) is 0.650. The van der Waals surface area contributed by atoms with Gasteiger partial charge in [0, 0.05) is 17.4 Å². The van der Waals surface area contributed by atoms with Gasteiger partial charge in [0.2, 0.25) is 0 Å². The van der Waals surface area contributed by atoms with Crippen LogP contribution in [0.2, 0.25) is 0 Å². The minimum Gasteiger partial charge on any atom is -0.392 e. The Kier molecular flexibility index (Phi) is 2.00. The number of allylic oxidation sites excluding steroid dienone is 1. The normalized spacial score (nSPS) is 40.6. The molecular formula is C10H11F3O. The molecule has 2 rings (SSSR count). The predicted molar refractivity (Wildman–Crippen MR) is 45.4 cm³/mol. The number of fused-ring (bicyclic) bond motifs is 2. The molecule has 1 nitrogen and oxygen atoms in total. The van der Waals surface area contributed by atoms with E-state index in [1.807, 2.05) is 0 Å². The summed E-state index contributed by atoms with van der Waals surface area (Å²) in [6.45, 7) is 3.06. The minimum absolute atomic E-state index is 0.107. The summed E-state index contributed by atoms with van der Waals surface area (Å²) in [5.41, 5.74) is -0.790. The highest BCUT2D eigenvalue weighted by molar-refractivity contribution is 5.24. The molecule has 0 aromatic rings. The maximum atomic E-state index is 12.4. The van der Waals surface area contributed by atoms with E-state index in [1.165, 1.54) is 0 Å². The highest BCUT2D eigenvalue weighted by Crippen LogP contribution is 2.49. The van der Waals surface area contributed by atoms with Gasteiger partial charge in [-0.05, 0) is 12.3 Å². The van der Waals surface area contributed by atoms with Crippen molar-refractivity contribution in [3.63, 3.8) is 0 Å². The van der Waals surface area contributed by atoms with E-state index >= 15 is 0 Å². The van der Waals surface area contributed by atoms with Crippen LogP contribution in [0.4, 0.5) is 13.2 Å². The third-order valence-corrected chi connectivity index (χ3v) is 3.18. The van der Waals surface area contributed by atoms with E-state index in [1.54, 1.807) is 12.2 Å². The Morgan fingerprint density at radius 2 is 1.86 bits per heavy atom. The van der Waals surface area contributed by atoms with Crippen LogP contribution in [0.3, 0.4) is 0 Å². The minimum atomic E-state index is -4.38. The molecule has 1 N–H and O–H groups in total. The van der Waals surface area contributed by atoms with Crippen molar-refractivity contribution in [2.75, 3.05) is 0 Å². The fourth-order valence-corrected chi connectivity index (χ4v) is 2.45. The zero-order valence-corrected chi connectivity index (χ0v) is 7.46. The first-order valence-electron chi connectivity index (χ1n) is 4.53. The number of aliphatic hydroxyl groups excluding tert-OH is 1. The molecule has 2 aliphatic carbocycles. The average molecular weight is 204 g/mol. The lowest BCUT2D eigenvalue weighted by atomic mass is 9.85. The maximum Gasteiger partial charge on any atom is 0.412 e. The van der Waals surface area contributed by atoms with E-state index in [0.29, 0.717) is 6.42 Å². The van der Waals surface area contributed by atoms with Crippen molar-refractivity contribution < 1.29 is 18.3 Å². The smallest absolute Gasteiger partial charge is 0.392 e. The maximum absolute atomic E-state index is 12.4. The SMILES string of the molecule is C=C([C@H]1[C@@H](O)[C@@H]2C=C[C@H]1C2)C(F)(F)F. The second-order valence-electron chi connectivity index (χ2n) is 3.99. The Hall–Kier alpha value is -0.770. The number of rotatable bonds is 1. The van der Waals surface area contributed by atoms with Crippen molar-refractivity contribution in [2.24, 2.45) is 17.8 Å². The Morgan fingerprint density at radius 1 is 1.29 bits per heavy atom. The monoisotopic (exact) mass is 204 g/mol. The standard InChI is InChI=1S/C10H11F3O/c1-5(10(11,12)13)8-6-2-3-7(4-6)9(8)14/h2-3,6-9,14H,1,4H2/t6-,7+,8+,9-/m0/s1. The molecule has 0 aliphatic heterocycles. The first kappa shape index (κ1) is 9.77. The van der Waals surface area contributed by atoms with Gasteiger partial charge in [0.05, 0.1) is 6.10 Å². The number of aliphatic hydroxyl groups is 1. The lowest BCUT2D eigenvalue weighted by Crippen LogP contribution is -2.31. The summed E-state index contributed by atoms with van der Waals surface area (Å²) in [6.07, 6.45) is -1.10. The topological polar surface area (TPSA) is 20.2 Å². The van der Waals surface area contributed by atoms with Crippen LogP contribution < -0.4 is 0 Å². The first-order valence-corrected chi connectivity index (χ1v) is 4.53. The zero-order chi connectivity index (χ0) is 10.5. The van der Waals surface area contributed by atoms with Crippen molar-refractivity contribution in [3.05, 3.63) is 24.3 Å². The number of halogens is 3. The molecule has 2 bridgehead atoms. The molecule has 0 aromatic heterocycles. The molecule has 0 unspecified atom stereocenters. The van der Waals surface area contributed by atoms with Gasteiger partial charge in [-0.2, -0.15) is 13.2 Å². The summed E-state index contributed by atoms with van der Waals surface area (Å²) in [6, 6.07) is 0. The van der Waals surface area contributed by atoms with E-state index in [-0.39, 0.29) is 11.8 Å². The van der Waals surface area contributed by atoms with Crippen molar-refractivity contribution in [2.45, 2.75) is 18.7 Å². The summed E-state index contributed by atoms with van der Waals surface area (Å²) >= 11 is 0. The molecule has 4 heteroatoms. The van der Waals surface area contributed by atoms with Crippen LogP contribution in [0.1, 0.15) is 6.42 Å². The van der Waals surface area contributed by atoms with Gasteiger partial charge in [-0.15, -0.1) is 0 Å². The van der Waals surface area contributed by atoms with Crippen molar-refractivity contribution in [3.8, 4) is 0 Å². The summed E-state index contributed by atoms with van der Waals surface area (Å²) in [4.78, 5) is 0. The summed E-state index contributed by atoms with van der Waals surface area (Å²) < 4.78 is 37.1. The highest BCUT2D eigenvalue weighted by atomic mass is 19.4. The van der Waals surface area contributed by atoms with E-state index < -0.39 is 23.8 Å². The van der Waals surface area contributed by atoms with Gasteiger partial charge in [-0.25, -0.2) is 0 Å². The Labute approximate surface area is 79.9 Å². The van der Waals surface area contributed by atoms with Gasteiger partial charge < -0.3 is 5.11 Å². The molecular weight excluding hydrogens is 193 g/mol. The Morgan fingerprint density at radius 3 is 2.29 bits per heavy atom. The van der Waals surface area contributed by atoms with E-state index in [4.69, 9.17) is 0 Å². The predicted octanol–water partition coefficient (Wildman–Crippen LogP) is 2.29. The molecule has 0 radical (unpaired) electrons. The second-order valence-corrected chi connectivity index (χ2v) is 3.99. The summed E-state index contributed by atoms with van der Waals surface area (Å²) in [5.74, 6) is -1.11. The second kappa shape index (κ2) is 2.86. The van der Waals surface area contributed by atoms with Crippen LogP contribution in [-0.2, 0) is 0 Å². The van der Waals surface area contributed by atoms with Crippen molar-refractivity contribution in [1.29, 1.82) is 0 Å². The van der Waals surface area contributed by atoms with E-state index in [0.717, 1.165) is 0 Å². The van der Waals surface area contributed by atoms with E-state index in [9.17, 15) is 18.3 Å². The fraction of sp³-hybridized carbons (Fsp3) is 0.600. The van der Waals surface area contributed by atoms with Crippen LogP contribution in [0.25, 0.3) is 0 Å². The molecule has 0 saturated heterocycles. The van der Waals surface area contributed by atoms with Gasteiger partial charge in [0.25, 0.3) is 0 Å². The molecule has 0 spiro atoms. The third-order valence-electron chi connectivity index (χ3n) is 3.18. The average Bonchev–Trinajstić information content (AvgIpc) is 2.61. The van der Waals surface area contributed by atoms with Gasteiger partial charge in [-0.1, -0.05) is 18.7 Å². The van der Waals surface area contributed by atoms with Crippen molar-refractivity contribution >= 4 is 0 Å². The molecule has 0 heterocycles. The van der Waals surface area contributed by atoms with Crippen LogP contribution >= 0.6 is 0 Å². The van der Waals surface area contributed by atoms with Crippen LogP contribution in [-0.4, -0.2) is 17.4 Å². The lowest BCUT2D eigenvalue weighted by Gasteiger charge is -2.26. The van der Waals surface area contributed by atoms with Gasteiger partial charge in [0.1, 0.15) is 0 Å². The van der Waals surface area contributed by atoms with Crippen LogP contribution in [0.15, 0.2) is 24.3 Å². The molecule has 4 atom stereocenters. The number of alkyl halides is 3. The van der Waals surface area contributed by atoms with Crippen LogP contribution in [0, 0.1) is 17.8 Å². The fourth-order valence-electron chi connectivity index (χ4n) is 2.45. The van der Waals surface area contributed by atoms with Gasteiger partial charge in [0.15, 0.2) is 0 Å².